The molecule has 3 aromatic rings. The van der Waals surface area contributed by atoms with Crippen molar-refractivity contribution in [2.75, 3.05) is 44.0 Å². The highest BCUT2D eigenvalue weighted by Crippen LogP contribution is 2.41. The molecule has 0 spiro atoms. The van der Waals surface area contributed by atoms with Crippen molar-refractivity contribution in [3.8, 4) is 16.3 Å². The summed E-state index contributed by atoms with van der Waals surface area (Å²) in [6.45, 7) is 3.94. The predicted octanol–water partition coefficient (Wildman–Crippen LogP) is -0.278. The highest BCUT2D eigenvalue weighted by molar-refractivity contribution is 7.17. The van der Waals surface area contributed by atoms with Crippen molar-refractivity contribution in [3.63, 3.8) is 0 Å². The quantitative estimate of drug-likeness (QED) is 0.288. The summed E-state index contributed by atoms with van der Waals surface area (Å²) in [6.07, 6.45) is 1.69. The molecular formula is C26H32B3N7O5S. The van der Waals surface area contributed by atoms with Gasteiger partial charge in [-0.1, -0.05) is 6.07 Å². The Labute approximate surface area is 250 Å². The number of carbonyl (C=O) groups is 3. The van der Waals surface area contributed by atoms with Gasteiger partial charge in [0.2, 0.25) is 5.91 Å². The molecule has 0 atom stereocenters. The number of rotatable bonds is 9. The number of carbonyl (C=O) groups excluding carboxylic acids is 3. The van der Waals surface area contributed by atoms with Gasteiger partial charge in [-0.3, -0.25) is 14.4 Å². The molecule has 0 unspecified atom stereocenters. The summed E-state index contributed by atoms with van der Waals surface area (Å²) in [5.74, 6) is 0.0761. The molecule has 2 aromatic heterocycles. The standard InChI is InChI=1S/C26H32B3N7O5S/c1-13-21(25(39)36-8-10-41-11-9-36)42-24(30-13)15-4-3-5-16(20(15)40-2)31-17-12-18(32-22(37)14-6-7-14)34-35-19(17)23(38)33-26(27,28)29/h3-5,12,14H,6-11,27-29H2,1-2H3,(H,33,38)(H2,31,32,34,37). The summed E-state index contributed by atoms with van der Waals surface area (Å²) in [5, 5.41) is 17.3. The summed E-state index contributed by atoms with van der Waals surface area (Å²) < 4.78 is 11.2. The van der Waals surface area contributed by atoms with Crippen molar-refractivity contribution in [1.29, 1.82) is 0 Å². The van der Waals surface area contributed by atoms with Gasteiger partial charge < -0.3 is 30.3 Å². The van der Waals surface area contributed by atoms with Crippen LogP contribution in [-0.2, 0) is 9.53 Å². The van der Waals surface area contributed by atoms with Gasteiger partial charge in [-0.05, 0) is 37.1 Å². The summed E-state index contributed by atoms with van der Waals surface area (Å²) in [7, 11) is 7.16. The van der Waals surface area contributed by atoms with E-state index in [1.54, 1.807) is 24.1 Å². The second kappa shape index (κ2) is 12.1. The van der Waals surface area contributed by atoms with Gasteiger partial charge in [0.15, 0.2) is 17.3 Å². The topological polar surface area (TPSA) is 148 Å². The molecule has 2 aliphatic rings. The van der Waals surface area contributed by atoms with E-state index in [1.807, 2.05) is 42.6 Å². The molecule has 1 saturated carbocycles. The SMILES string of the molecule is BC(B)(B)NC(=O)c1nnc(NC(=O)C2CC2)cc1Nc1cccc(-c2nc(C)c(C(=O)N3CCOCC3)s2)c1OC. The fraction of sp³-hybridized carbons (Fsp3) is 0.385. The van der Waals surface area contributed by atoms with Gasteiger partial charge in [0.25, 0.3) is 11.8 Å². The second-order valence-electron chi connectivity index (χ2n) is 11.3. The number of amides is 3. The first kappa shape index (κ1) is 29.6. The van der Waals surface area contributed by atoms with Crippen LogP contribution >= 0.6 is 11.3 Å². The zero-order valence-corrected chi connectivity index (χ0v) is 25.2. The van der Waals surface area contributed by atoms with Crippen molar-refractivity contribution >= 4 is 69.8 Å². The first-order valence-corrected chi connectivity index (χ1v) is 14.7. The van der Waals surface area contributed by atoms with Gasteiger partial charge in [-0.2, -0.15) is 0 Å². The summed E-state index contributed by atoms with van der Waals surface area (Å²) in [5.41, 5.74) is 2.27. The van der Waals surface area contributed by atoms with Crippen LogP contribution < -0.4 is 20.7 Å². The number of para-hydroxylation sites is 1. The number of nitrogens with one attached hydrogen (secondary N) is 3. The molecule has 2 fully saturated rings. The minimum absolute atomic E-state index is 0.0226. The van der Waals surface area contributed by atoms with Crippen LogP contribution in [-0.4, -0.2) is 100.0 Å². The summed E-state index contributed by atoms with van der Waals surface area (Å²) in [6, 6.07) is 7.09. The third kappa shape index (κ3) is 6.76. The van der Waals surface area contributed by atoms with Crippen molar-refractivity contribution in [3.05, 3.63) is 40.5 Å². The number of anilines is 3. The van der Waals surface area contributed by atoms with Crippen molar-refractivity contribution in [2.24, 2.45) is 5.92 Å². The molecule has 0 bridgehead atoms. The van der Waals surface area contributed by atoms with Crippen molar-refractivity contribution in [2.45, 2.75) is 25.0 Å². The lowest BCUT2D eigenvalue weighted by Gasteiger charge is -2.26. The first-order chi connectivity index (χ1) is 20.0. The van der Waals surface area contributed by atoms with Gasteiger partial charge in [0.1, 0.15) is 33.4 Å². The average Bonchev–Trinajstić information content (AvgIpc) is 3.74. The molecule has 1 aliphatic carbocycles. The van der Waals surface area contributed by atoms with Crippen LogP contribution in [0.1, 0.15) is 38.7 Å². The zero-order chi connectivity index (χ0) is 30.0. The first-order valence-electron chi connectivity index (χ1n) is 13.8. The van der Waals surface area contributed by atoms with Crippen molar-refractivity contribution in [1.82, 2.24) is 25.4 Å². The number of hydrogen-bond acceptors (Lipinski definition) is 10. The lowest BCUT2D eigenvalue weighted by atomic mass is 9.49. The Morgan fingerprint density at radius 2 is 1.86 bits per heavy atom. The second-order valence-corrected chi connectivity index (χ2v) is 12.3. The molecule has 1 aromatic carbocycles. The number of thiazole rings is 1. The van der Waals surface area contributed by atoms with Gasteiger partial charge in [0.05, 0.1) is 43.0 Å². The van der Waals surface area contributed by atoms with E-state index in [9.17, 15) is 14.4 Å². The number of methoxy groups -OCH3 is 1. The summed E-state index contributed by atoms with van der Waals surface area (Å²) >= 11 is 1.31. The van der Waals surface area contributed by atoms with E-state index in [0.29, 0.717) is 64.6 Å². The van der Waals surface area contributed by atoms with Crippen LogP contribution in [0.2, 0.25) is 0 Å². The molecule has 3 N–H and O–H groups in total. The number of morpholine rings is 1. The number of hydrogen-bond donors (Lipinski definition) is 3. The van der Waals surface area contributed by atoms with E-state index in [4.69, 9.17) is 14.5 Å². The molecule has 16 heteroatoms. The van der Waals surface area contributed by atoms with Gasteiger partial charge >= 0.3 is 0 Å². The maximum absolute atomic E-state index is 13.2. The molecule has 5 rings (SSSR count). The zero-order valence-electron chi connectivity index (χ0n) is 24.4. The van der Waals surface area contributed by atoms with E-state index in [-0.39, 0.29) is 29.2 Å². The maximum Gasteiger partial charge on any atom is 0.272 e. The van der Waals surface area contributed by atoms with Crippen LogP contribution in [0.25, 0.3) is 10.6 Å². The molecule has 3 heterocycles. The van der Waals surface area contributed by atoms with Crippen LogP contribution in [0, 0.1) is 12.8 Å². The fourth-order valence-corrected chi connectivity index (χ4v) is 5.53. The van der Waals surface area contributed by atoms with E-state index in [0.717, 1.165) is 12.8 Å². The Bertz CT molecular complexity index is 1520. The van der Waals surface area contributed by atoms with Crippen LogP contribution in [0.5, 0.6) is 5.75 Å². The van der Waals surface area contributed by atoms with Crippen LogP contribution in [0.3, 0.4) is 0 Å². The van der Waals surface area contributed by atoms with Crippen LogP contribution in [0.15, 0.2) is 24.3 Å². The third-order valence-corrected chi connectivity index (χ3v) is 7.88. The number of ether oxygens (including phenoxy) is 2. The maximum atomic E-state index is 13.2. The Kier molecular flexibility index (Phi) is 8.55. The molecule has 3 amide bonds. The van der Waals surface area contributed by atoms with Gasteiger partial charge in [0, 0.05) is 25.1 Å². The molecule has 1 saturated heterocycles. The Morgan fingerprint density at radius 3 is 2.52 bits per heavy atom. The number of nitrogens with zero attached hydrogens (tertiary/aromatic N) is 4. The number of aromatic nitrogens is 3. The van der Waals surface area contributed by atoms with E-state index >= 15 is 0 Å². The Morgan fingerprint density at radius 1 is 1.12 bits per heavy atom. The molecular weight excluding hydrogens is 555 g/mol. The molecule has 216 valence electrons. The number of aryl methyl sites for hydroxylation is 1. The fourth-order valence-electron chi connectivity index (χ4n) is 4.48. The lowest BCUT2D eigenvalue weighted by Crippen LogP contribution is -2.50. The van der Waals surface area contributed by atoms with E-state index in [2.05, 4.69) is 26.1 Å². The Balaban J connectivity index is 1.48. The third-order valence-electron chi connectivity index (χ3n) is 6.70. The van der Waals surface area contributed by atoms with E-state index < -0.39 is 11.1 Å². The highest BCUT2D eigenvalue weighted by Gasteiger charge is 2.31. The normalized spacial score (nSPS) is 15.1. The lowest BCUT2D eigenvalue weighted by molar-refractivity contribution is -0.117. The minimum atomic E-state index is -0.508. The summed E-state index contributed by atoms with van der Waals surface area (Å²) in [4.78, 5) is 45.8. The van der Waals surface area contributed by atoms with E-state index in [1.165, 1.54) is 11.3 Å². The van der Waals surface area contributed by atoms with Crippen LogP contribution in [0.4, 0.5) is 17.2 Å². The molecule has 0 radical (unpaired) electrons. The largest absolute Gasteiger partial charge is 0.494 e. The monoisotopic (exact) mass is 587 g/mol. The molecule has 1 aliphatic heterocycles. The number of benzene rings is 1. The highest BCUT2D eigenvalue weighted by atomic mass is 32.1. The van der Waals surface area contributed by atoms with Crippen molar-refractivity contribution < 1.29 is 23.9 Å². The predicted molar refractivity (Wildman–Crippen MR) is 168 cm³/mol. The van der Waals surface area contributed by atoms with Gasteiger partial charge in [-0.15, -0.1) is 21.5 Å². The Hall–Kier alpha value is -3.91. The minimum Gasteiger partial charge on any atom is -0.494 e. The average molecular weight is 587 g/mol. The van der Waals surface area contributed by atoms with Gasteiger partial charge in [-0.25, -0.2) is 4.98 Å². The smallest absolute Gasteiger partial charge is 0.272 e. The molecule has 12 nitrogen and oxygen atoms in total. The molecule has 42 heavy (non-hydrogen) atoms.